The van der Waals surface area contributed by atoms with Crippen molar-refractivity contribution in [1.82, 2.24) is 14.5 Å². The van der Waals surface area contributed by atoms with Crippen LogP contribution < -0.4 is 34.7 Å². The molecule has 0 spiro atoms. The van der Waals surface area contributed by atoms with Crippen LogP contribution >= 0.6 is 11.8 Å². The van der Waals surface area contributed by atoms with Crippen LogP contribution in [0.2, 0.25) is 0 Å². The van der Waals surface area contributed by atoms with Crippen molar-refractivity contribution in [3.63, 3.8) is 0 Å². The number of β-lactam (4-membered cyclic amide) rings is 1. The molecule has 0 aromatic carbocycles. The van der Waals surface area contributed by atoms with Crippen LogP contribution in [0, 0.1) is 0 Å². The molecule has 0 bridgehead atoms. The Morgan fingerprint density at radius 3 is 3.05 bits per heavy atom. The molecule has 1 aromatic rings. The molecule has 1 fully saturated rings. The molecule has 102 valence electrons. The Bertz CT molecular complexity index is 688. The van der Waals surface area contributed by atoms with Gasteiger partial charge in [-0.05, 0) is 12.5 Å². The zero-order valence-corrected chi connectivity index (χ0v) is 14.2. The van der Waals surface area contributed by atoms with Gasteiger partial charge in [0.25, 0.3) is 5.91 Å². The molecular formula is C13H10N3NaO3S. The zero-order valence-electron chi connectivity index (χ0n) is 11.4. The number of aromatic nitrogens is 2. The van der Waals surface area contributed by atoms with E-state index in [4.69, 9.17) is 0 Å². The molecule has 1 atom stereocenters. The van der Waals surface area contributed by atoms with Crippen molar-refractivity contribution in [3.8, 4) is 0 Å². The monoisotopic (exact) mass is 311 g/mol. The molecule has 3 aliphatic heterocycles. The number of nitrogens with zero attached hydrogens (tertiary/aromatic N) is 3. The molecule has 4 rings (SSSR count). The first-order valence-electron chi connectivity index (χ1n) is 6.32. The van der Waals surface area contributed by atoms with Gasteiger partial charge in [0.05, 0.1) is 23.4 Å². The average Bonchev–Trinajstić information content (AvgIpc) is 3.07. The van der Waals surface area contributed by atoms with Crippen LogP contribution in [-0.4, -0.2) is 38.1 Å². The van der Waals surface area contributed by atoms with Crippen LogP contribution in [0.4, 0.5) is 0 Å². The number of carboxylic acids is 1. The summed E-state index contributed by atoms with van der Waals surface area (Å²) in [4.78, 5) is 28.6. The van der Waals surface area contributed by atoms with Gasteiger partial charge in [-0.25, -0.2) is 4.98 Å². The first-order chi connectivity index (χ1) is 9.65. The third kappa shape index (κ3) is 2.19. The van der Waals surface area contributed by atoms with Crippen LogP contribution in [0.15, 0.2) is 28.7 Å². The van der Waals surface area contributed by atoms with Gasteiger partial charge in [-0.15, -0.1) is 0 Å². The topological polar surface area (TPSA) is 78.3 Å². The average molecular weight is 311 g/mol. The third-order valence-electron chi connectivity index (χ3n) is 3.76. The number of carboxylic acid groups (broad SMARTS) is 1. The minimum absolute atomic E-state index is 0. The Labute approximate surface area is 147 Å². The molecule has 0 saturated carbocycles. The van der Waals surface area contributed by atoms with Gasteiger partial charge in [-0.1, -0.05) is 17.8 Å². The summed E-state index contributed by atoms with van der Waals surface area (Å²) in [6.45, 7) is 0.941. The fraction of sp³-hybridized carbons (Fsp3) is 0.308. The van der Waals surface area contributed by atoms with Crippen LogP contribution in [0.25, 0.3) is 6.08 Å². The first kappa shape index (κ1) is 14.9. The number of hydrogen-bond donors (Lipinski definition) is 0. The Kier molecular flexibility index (Phi) is 3.77. The molecule has 6 nitrogen and oxygen atoms in total. The number of thioether (sulfide) groups is 1. The van der Waals surface area contributed by atoms with E-state index >= 15 is 0 Å². The number of carbonyl (C=O) groups is 2. The summed E-state index contributed by atoms with van der Waals surface area (Å²) in [5, 5.41) is 11.9. The van der Waals surface area contributed by atoms with Gasteiger partial charge in [0.15, 0.2) is 5.16 Å². The molecule has 1 saturated heterocycles. The minimum Gasteiger partial charge on any atom is -0.543 e. The Hall–Kier alpha value is -1.02. The molecule has 0 aliphatic carbocycles. The molecule has 3 aliphatic rings. The molecular weight excluding hydrogens is 301 g/mol. The summed E-state index contributed by atoms with van der Waals surface area (Å²) in [6.07, 6.45) is 5.77. The second-order valence-corrected chi connectivity index (χ2v) is 5.96. The van der Waals surface area contributed by atoms with Gasteiger partial charge in [-0.2, -0.15) is 0 Å². The van der Waals surface area contributed by atoms with Crippen LogP contribution in [0.1, 0.15) is 12.1 Å². The number of aryl methyl sites for hydroxylation is 1. The molecule has 0 unspecified atom stereocenters. The van der Waals surface area contributed by atoms with E-state index < -0.39 is 5.97 Å². The number of hydrogen-bond acceptors (Lipinski definition) is 5. The van der Waals surface area contributed by atoms with Crippen LogP contribution in [0.5, 0.6) is 0 Å². The Morgan fingerprint density at radius 1 is 1.52 bits per heavy atom. The summed E-state index contributed by atoms with van der Waals surface area (Å²) >= 11 is 1.70. The maximum absolute atomic E-state index is 12.0. The summed E-state index contributed by atoms with van der Waals surface area (Å²) in [6, 6.07) is -0.167. The quantitative estimate of drug-likeness (QED) is 0.324. The maximum Gasteiger partial charge on any atom is 1.00 e. The fourth-order valence-electron chi connectivity index (χ4n) is 2.82. The normalized spacial score (nSPS) is 24.3. The number of fused-ring (bicyclic) bond motifs is 2. The smallest absolute Gasteiger partial charge is 0.543 e. The van der Waals surface area contributed by atoms with Gasteiger partial charge >= 0.3 is 29.6 Å². The van der Waals surface area contributed by atoms with Gasteiger partial charge in [0.1, 0.15) is 0 Å². The van der Waals surface area contributed by atoms with Gasteiger partial charge < -0.3 is 14.5 Å². The van der Waals surface area contributed by atoms with Crippen molar-refractivity contribution < 1.29 is 44.3 Å². The van der Waals surface area contributed by atoms with Crippen molar-refractivity contribution in [1.29, 1.82) is 0 Å². The summed E-state index contributed by atoms with van der Waals surface area (Å²) < 4.78 is 2.07. The molecule has 0 N–H and O–H groups in total. The number of carbonyl (C=O) groups excluding carboxylic acids is 2. The molecule has 8 heteroatoms. The summed E-state index contributed by atoms with van der Waals surface area (Å²) in [5.74, 6) is -0.519. The van der Waals surface area contributed by atoms with E-state index in [2.05, 4.69) is 9.55 Å². The van der Waals surface area contributed by atoms with Crippen LogP contribution in [0.3, 0.4) is 0 Å². The SMILES string of the molecule is O=C([O-])C1=CC[C@@H]2/C(=C\c3cn4c(n3)SCC4)C(=O)N12.[Na+]. The summed E-state index contributed by atoms with van der Waals surface area (Å²) in [5.41, 5.74) is 1.37. The number of rotatable bonds is 2. The standard InChI is InChI=1S/C13H11N3O3S.Na/c17-11-8(9-1-2-10(12(18)19)16(9)11)5-7-6-15-3-4-20-13(15)14-7;/h2,5-6,9H,1,3-4H2,(H,18,19);/q;+1/p-1/b8-5+;/t9-;/m1./s1. The van der Waals surface area contributed by atoms with E-state index in [9.17, 15) is 14.7 Å². The number of imidazole rings is 1. The van der Waals surface area contributed by atoms with E-state index in [0.29, 0.717) is 12.0 Å². The molecule has 0 radical (unpaired) electrons. The second kappa shape index (κ2) is 5.31. The fourth-order valence-corrected chi connectivity index (χ4v) is 3.78. The van der Waals surface area contributed by atoms with Crippen molar-refractivity contribution in [2.24, 2.45) is 0 Å². The second-order valence-electron chi connectivity index (χ2n) is 4.89. The largest absolute Gasteiger partial charge is 1.00 e. The predicted octanol–water partition coefficient (Wildman–Crippen LogP) is -3.38. The molecule has 21 heavy (non-hydrogen) atoms. The van der Waals surface area contributed by atoms with Gasteiger partial charge in [0, 0.05) is 24.1 Å². The van der Waals surface area contributed by atoms with Gasteiger partial charge in [-0.3, -0.25) is 9.69 Å². The summed E-state index contributed by atoms with van der Waals surface area (Å²) in [7, 11) is 0. The van der Waals surface area contributed by atoms with Crippen molar-refractivity contribution in [3.05, 3.63) is 29.2 Å². The van der Waals surface area contributed by atoms with Crippen LogP contribution in [-0.2, 0) is 16.1 Å². The van der Waals surface area contributed by atoms with E-state index in [-0.39, 0.29) is 47.2 Å². The molecule has 1 aromatic heterocycles. The maximum atomic E-state index is 12.0. The molecule has 4 heterocycles. The zero-order chi connectivity index (χ0) is 13.9. The number of aliphatic carboxylic acids is 1. The van der Waals surface area contributed by atoms with E-state index in [1.165, 1.54) is 4.90 Å². The Balaban J connectivity index is 0.00000132. The Morgan fingerprint density at radius 2 is 2.33 bits per heavy atom. The van der Waals surface area contributed by atoms with E-state index in [1.54, 1.807) is 23.9 Å². The molecule has 1 amide bonds. The predicted molar refractivity (Wildman–Crippen MR) is 69.3 cm³/mol. The number of amides is 1. The minimum atomic E-state index is -1.29. The first-order valence-corrected chi connectivity index (χ1v) is 7.30. The third-order valence-corrected chi connectivity index (χ3v) is 4.74. The van der Waals surface area contributed by atoms with E-state index in [0.717, 1.165) is 23.1 Å². The van der Waals surface area contributed by atoms with Crippen molar-refractivity contribution in [2.75, 3.05) is 5.75 Å². The van der Waals surface area contributed by atoms with E-state index in [1.807, 2.05) is 6.20 Å². The van der Waals surface area contributed by atoms with Gasteiger partial charge in [0.2, 0.25) is 0 Å². The van der Waals surface area contributed by atoms with Crippen molar-refractivity contribution in [2.45, 2.75) is 24.2 Å². The van der Waals surface area contributed by atoms with Crippen molar-refractivity contribution >= 4 is 29.7 Å².